The molecule has 0 saturated heterocycles. The average Bonchev–Trinajstić information content (AvgIpc) is 3.19. The lowest BCUT2D eigenvalue weighted by Gasteiger charge is -2.14. The number of anilines is 1. The fourth-order valence-corrected chi connectivity index (χ4v) is 3.91. The number of para-hydroxylation sites is 1. The smallest absolute Gasteiger partial charge is 0.234 e. The molecule has 1 aromatic heterocycles. The van der Waals surface area contributed by atoms with Gasteiger partial charge in [-0.05, 0) is 43.2 Å². The van der Waals surface area contributed by atoms with Gasteiger partial charge in [0.05, 0.1) is 11.4 Å². The van der Waals surface area contributed by atoms with Crippen molar-refractivity contribution in [3.05, 3.63) is 90.0 Å². The van der Waals surface area contributed by atoms with Gasteiger partial charge in [-0.25, -0.2) is 0 Å². The maximum atomic E-state index is 12.4. The van der Waals surface area contributed by atoms with Crippen molar-refractivity contribution in [3.63, 3.8) is 0 Å². The zero-order valence-corrected chi connectivity index (χ0v) is 17.7. The predicted octanol–water partition coefficient (Wildman–Crippen LogP) is 5.28. The minimum Gasteiger partial charge on any atom is -0.325 e. The van der Waals surface area contributed by atoms with E-state index in [0.29, 0.717) is 5.16 Å². The molecule has 150 valence electrons. The fraction of sp³-hybridized carbons (Fsp3) is 0.125. The third kappa shape index (κ3) is 4.44. The number of aryl methyl sites for hydroxylation is 2. The summed E-state index contributed by atoms with van der Waals surface area (Å²) in [5, 5.41) is 12.5. The molecular formula is C24H22N4OS. The summed E-state index contributed by atoms with van der Waals surface area (Å²) in [6.45, 7) is 4.13. The quantitative estimate of drug-likeness (QED) is 0.436. The predicted molar refractivity (Wildman–Crippen MR) is 122 cm³/mol. The lowest BCUT2D eigenvalue weighted by atomic mass is 10.1. The molecule has 4 rings (SSSR count). The summed E-state index contributed by atoms with van der Waals surface area (Å²) >= 11 is 1.38. The Balaban J connectivity index is 1.65. The third-order valence-electron chi connectivity index (χ3n) is 4.66. The Morgan fingerprint density at radius 1 is 0.933 bits per heavy atom. The highest BCUT2D eigenvalue weighted by atomic mass is 32.2. The van der Waals surface area contributed by atoms with Crippen LogP contribution in [0.15, 0.2) is 84.0 Å². The maximum Gasteiger partial charge on any atom is 0.234 e. The minimum absolute atomic E-state index is 0.0806. The molecule has 0 aliphatic rings. The molecule has 0 bridgehead atoms. The fourth-order valence-electron chi connectivity index (χ4n) is 3.16. The van der Waals surface area contributed by atoms with Gasteiger partial charge in [-0.2, -0.15) is 0 Å². The van der Waals surface area contributed by atoms with Gasteiger partial charge in [0.1, 0.15) is 0 Å². The first-order valence-electron chi connectivity index (χ1n) is 9.68. The summed E-state index contributed by atoms with van der Waals surface area (Å²) in [5.74, 6) is 0.922. The highest BCUT2D eigenvalue weighted by molar-refractivity contribution is 7.99. The van der Waals surface area contributed by atoms with E-state index in [1.165, 1.54) is 11.8 Å². The second kappa shape index (κ2) is 8.97. The summed E-state index contributed by atoms with van der Waals surface area (Å²) < 4.78 is 2.04. The number of hydrogen-bond acceptors (Lipinski definition) is 4. The zero-order chi connectivity index (χ0) is 20.9. The van der Waals surface area contributed by atoms with Crippen molar-refractivity contribution in [1.82, 2.24) is 14.8 Å². The van der Waals surface area contributed by atoms with Crippen LogP contribution in [0, 0.1) is 13.8 Å². The van der Waals surface area contributed by atoms with E-state index in [4.69, 9.17) is 0 Å². The summed E-state index contributed by atoms with van der Waals surface area (Å²) in [7, 11) is 0. The Morgan fingerprint density at radius 2 is 1.63 bits per heavy atom. The van der Waals surface area contributed by atoms with Gasteiger partial charge in [-0.15, -0.1) is 10.2 Å². The second-order valence-electron chi connectivity index (χ2n) is 7.00. The zero-order valence-electron chi connectivity index (χ0n) is 16.9. The van der Waals surface area contributed by atoms with E-state index in [1.807, 2.05) is 65.2 Å². The molecule has 0 saturated carbocycles. The van der Waals surface area contributed by atoms with Crippen LogP contribution < -0.4 is 5.32 Å². The lowest BCUT2D eigenvalue weighted by molar-refractivity contribution is -0.113. The molecule has 0 atom stereocenters. The number of rotatable bonds is 6. The number of benzene rings is 3. The Morgan fingerprint density at radius 3 is 2.37 bits per heavy atom. The Kier molecular flexibility index (Phi) is 5.95. The van der Waals surface area contributed by atoms with Gasteiger partial charge < -0.3 is 5.32 Å². The first kappa shape index (κ1) is 19.9. The van der Waals surface area contributed by atoms with E-state index in [9.17, 15) is 4.79 Å². The normalized spacial score (nSPS) is 10.7. The van der Waals surface area contributed by atoms with Crippen molar-refractivity contribution >= 4 is 23.4 Å². The van der Waals surface area contributed by atoms with Crippen LogP contribution in [-0.4, -0.2) is 26.4 Å². The summed E-state index contributed by atoms with van der Waals surface area (Å²) in [4.78, 5) is 12.4. The van der Waals surface area contributed by atoms with E-state index in [1.54, 1.807) is 0 Å². The van der Waals surface area contributed by atoms with Crippen molar-refractivity contribution in [1.29, 1.82) is 0 Å². The highest BCUT2D eigenvalue weighted by Gasteiger charge is 2.18. The number of amides is 1. The van der Waals surface area contributed by atoms with Crippen molar-refractivity contribution in [2.45, 2.75) is 19.0 Å². The number of carbonyl (C=O) groups excluding carboxylic acids is 1. The van der Waals surface area contributed by atoms with Crippen molar-refractivity contribution < 1.29 is 4.79 Å². The molecule has 1 amide bonds. The number of hydrogen-bond donors (Lipinski definition) is 1. The van der Waals surface area contributed by atoms with Crippen molar-refractivity contribution in [2.75, 3.05) is 11.1 Å². The molecule has 0 unspecified atom stereocenters. The standard InChI is InChI=1S/C24H22N4OS/c1-17-13-14-18(2)21(15-17)28-23(19-9-5-3-6-10-19)26-27-24(28)30-16-22(29)25-20-11-7-4-8-12-20/h3-15H,16H2,1-2H3,(H,25,29). The molecule has 0 aliphatic heterocycles. The molecule has 0 spiro atoms. The lowest BCUT2D eigenvalue weighted by Crippen LogP contribution is -2.14. The topological polar surface area (TPSA) is 59.8 Å². The van der Waals surface area contributed by atoms with E-state index in [-0.39, 0.29) is 11.7 Å². The summed E-state index contributed by atoms with van der Waals surface area (Å²) in [6, 6.07) is 25.7. The number of aromatic nitrogens is 3. The number of nitrogens with one attached hydrogen (secondary N) is 1. The van der Waals surface area contributed by atoms with E-state index < -0.39 is 0 Å². The van der Waals surface area contributed by atoms with Crippen LogP contribution >= 0.6 is 11.8 Å². The molecule has 0 aliphatic carbocycles. The Bertz CT molecular complexity index is 1160. The minimum atomic E-state index is -0.0806. The number of carbonyl (C=O) groups is 1. The molecule has 1 N–H and O–H groups in total. The van der Waals surface area contributed by atoms with Crippen LogP contribution in [0.5, 0.6) is 0 Å². The van der Waals surface area contributed by atoms with Crippen LogP contribution in [0.4, 0.5) is 5.69 Å². The second-order valence-corrected chi connectivity index (χ2v) is 7.94. The van der Waals surface area contributed by atoms with E-state index in [0.717, 1.165) is 33.9 Å². The number of thioether (sulfide) groups is 1. The van der Waals surface area contributed by atoms with Crippen molar-refractivity contribution in [2.24, 2.45) is 0 Å². The Hall–Kier alpha value is -3.38. The SMILES string of the molecule is Cc1ccc(C)c(-n2c(SCC(=O)Nc3ccccc3)nnc2-c2ccccc2)c1. The number of nitrogens with zero attached hydrogens (tertiary/aromatic N) is 3. The van der Waals surface area contributed by atoms with Gasteiger partial charge in [0.15, 0.2) is 11.0 Å². The average molecular weight is 415 g/mol. The van der Waals surface area contributed by atoms with Crippen molar-refractivity contribution in [3.8, 4) is 17.1 Å². The molecule has 6 heteroatoms. The summed E-state index contributed by atoms with van der Waals surface area (Å²) in [6.07, 6.45) is 0. The monoisotopic (exact) mass is 414 g/mol. The largest absolute Gasteiger partial charge is 0.325 e. The summed E-state index contributed by atoms with van der Waals surface area (Å²) in [5.41, 5.74) is 5.05. The van der Waals surface area contributed by atoms with Crippen LogP contribution in [0.3, 0.4) is 0 Å². The molecule has 0 radical (unpaired) electrons. The molecule has 0 fully saturated rings. The van der Waals surface area contributed by atoms with Crippen LogP contribution in [0.2, 0.25) is 0 Å². The molecule has 5 nitrogen and oxygen atoms in total. The molecule has 30 heavy (non-hydrogen) atoms. The maximum absolute atomic E-state index is 12.4. The molecule has 1 heterocycles. The Labute approximate surface area is 180 Å². The van der Waals surface area contributed by atoms with Gasteiger partial charge in [-0.3, -0.25) is 9.36 Å². The van der Waals surface area contributed by atoms with Crippen LogP contribution in [-0.2, 0) is 4.79 Å². The van der Waals surface area contributed by atoms with Crippen LogP contribution in [0.25, 0.3) is 17.1 Å². The van der Waals surface area contributed by atoms with E-state index in [2.05, 4.69) is 47.6 Å². The van der Waals surface area contributed by atoms with Gasteiger partial charge in [0.2, 0.25) is 5.91 Å². The molecule has 3 aromatic carbocycles. The van der Waals surface area contributed by atoms with E-state index >= 15 is 0 Å². The van der Waals surface area contributed by atoms with Gasteiger partial charge >= 0.3 is 0 Å². The highest BCUT2D eigenvalue weighted by Crippen LogP contribution is 2.30. The van der Waals surface area contributed by atoms with Crippen LogP contribution in [0.1, 0.15) is 11.1 Å². The van der Waals surface area contributed by atoms with Gasteiger partial charge in [-0.1, -0.05) is 72.4 Å². The van der Waals surface area contributed by atoms with Gasteiger partial charge in [0.25, 0.3) is 0 Å². The molecule has 4 aromatic rings. The van der Waals surface area contributed by atoms with Gasteiger partial charge in [0, 0.05) is 11.3 Å². The third-order valence-corrected chi connectivity index (χ3v) is 5.59. The first-order chi connectivity index (χ1) is 14.6. The first-order valence-corrected chi connectivity index (χ1v) is 10.7. The molecular weight excluding hydrogens is 392 g/mol.